The van der Waals surface area contributed by atoms with E-state index in [-0.39, 0.29) is 18.3 Å². The Labute approximate surface area is 113 Å². The number of benzene rings is 2. The number of hydrogen-bond donors (Lipinski definition) is 2. The third-order valence-electron chi connectivity index (χ3n) is 3.22. The summed E-state index contributed by atoms with van der Waals surface area (Å²) in [7, 11) is 1.52. The number of hydrogen-bond acceptors (Lipinski definition) is 3. The molecule has 3 heteroatoms. The van der Waals surface area contributed by atoms with Crippen LogP contribution in [-0.2, 0) is 6.42 Å². The first-order valence-electron chi connectivity index (χ1n) is 6.26. The Balaban J connectivity index is 2.17. The molecule has 2 aromatic carbocycles. The van der Waals surface area contributed by atoms with Crippen molar-refractivity contribution in [2.24, 2.45) is 0 Å². The lowest BCUT2D eigenvalue weighted by atomic mass is 9.92. The van der Waals surface area contributed by atoms with Crippen molar-refractivity contribution in [1.29, 1.82) is 0 Å². The third kappa shape index (κ3) is 3.26. The van der Waals surface area contributed by atoms with Crippen molar-refractivity contribution in [2.75, 3.05) is 13.7 Å². The van der Waals surface area contributed by atoms with E-state index in [9.17, 15) is 10.2 Å². The number of methoxy groups -OCH3 is 1. The Morgan fingerprint density at radius 1 is 1.11 bits per heavy atom. The molecule has 0 aromatic heterocycles. The van der Waals surface area contributed by atoms with Gasteiger partial charge in [0.15, 0.2) is 11.5 Å². The normalized spacial score (nSPS) is 12.1. The van der Waals surface area contributed by atoms with E-state index >= 15 is 0 Å². The number of phenols is 1. The van der Waals surface area contributed by atoms with Gasteiger partial charge in [-0.15, -0.1) is 0 Å². The van der Waals surface area contributed by atoms with Gasteiger partial charge in [0, 0.05) is 5.92 Å². The van der Waals surface area contributed by atoms with Gasteiger partial charge in [-0.2, -0.15) is 0 Å². The fraction of sp³-hybridized carbons (Fsp3) is 0.250. The zero-order valence-corrected chi connectivity index (χ0v) is 10.9. The van der Waals surface area contributed by atoms with Crippen LogP contribution in [0.4, 0.5) is 0 Å². The van der Waals surface area contributed by atoms with E-state index in [1.165, 1.54) is 7.11 Å². The van der Waals surface area contributed by atoms with Crippen molar-refractivity contribution in [3.05, 3.63) is 59.7 Å². The average Bonchev–Trinajstić information content (AvgIpc) is 2.46. The molecule has 1 atom stereocenters. The number of aliphatic hydroxyl groups excluding tert-OH is 1. The minimum atomic E-state index is 0.0361. The number of aromatic hydroxyl groups is 1. The van der Waals surface area contributed by atoms with Gasteiger partial charge >= 0.3 is 0 Å². The van der Waals surface area contributed by atoms with E-state index < -0.39 is 0 Å². The van der Waals surface area contributed by atoms with Crippen LogP contribution < -0.4 is 4.74 Å². The molecule has 0 unspecified atom stereocenters. The maximum atomic E-state index is 9.76. The predicted octanol–water partition coefficient (Wildman–Crippen LogP) is 2.72. The molecule has 0 heterocycles. The molecular formula is C16H18O3. The van der Waals surface area contributed by atoms with Crippen molar-refractivity contribution in [2.45, 2.75) is 12.3 Å². The van der Waals surface area contributed by atoms with E-state index in [2.05, 4.69) is 0 Å². The molecule has 2 rings (SSSR count). The average molecular weight is 258 g/mol. The summed E-state index contributed by atoms with van der Waals surface area (Å²) in [4.78, 5) is 0. The van der Waals surface area contributed by atoms with Crippen LogP contribution in [0.3, 0.4) is 0 Å². The summed E-state index contributed by atoms with van der Waals surface area (Å²) < 4.78 is 5.02. The first kappa shape index (κ1) is 13.4. The Morgan fingerprint density at radius 3 is 2.42 bits per heavy atom. The second-order valence-corrected chi connectivity index (χ2v) is 4.50. The van der Waals surface area contributed by atoms with Crippen LogP contribution >= 0.6 is 0 Å². The van der Waals surface area contributed by atoms with Gasteiger partial charge in [0.25, 0.3) is 0 Å². The molecule has 3 nitrogen and oxygen atoms in total. The Bertz CT molecular complexity index is 523. The first-order chi connectivity index (χ1) is 9.24. The predicted molar refractivity (Wildman–Crippen MR) is 74.6 cm³/mol. The zero-order chi connectivity index (χ0) is 13.7. The second kappa shape index (κ2) is 6.25. The molecule has 100 valence electrons. The summed E-state index contributed by atoms with van der Waals surface area (Å²) in [5, 5.41) is 19.3. The van der Waals surface area contributed by atoms with Gasteiger partial charge in [0.1, 0.15) is 0 Å². The van der Waals surface area contributed by atoms with Crippen LogP contribution in [-0.4, -0.2) is 23.9 Å². The van der Waals surface area contributed by atoms with E-state index in [0.717, 1.165) is 11.1 Å². The van der Waals surface area contributed by atoms with Crippen molar-refractivity contribution in [3.63, 3.8) is 0 Å². The highest BCUT2D eigenvalue weighted by Gasteiger charge is 2.12. The molecule has 0 aliphatic carbocycles. The zero-order valence-electron chi connectivity index (χ0n) is 10.9. The maximum Gasteiger partial charge on any atom is 0.160 e. The quantitative estimate of drug-likeness (QED) is 0.867. The Hall–Kier alpha value is -2.00. The minimum absolute atomic E-state index is 0.0361. The minimum Gasteiger partial charge on any atom is -0.504 e. The second-order valence-electron chi connectivity index (χ2n) is 4.50. The summed E-state index contributed by atoms with van der Waals surface area (Å²) in [5.41, 5.74) is 2.07. The lowest BCUT2D eigenvalue weighted by molar-refractivity contribution is 0.264. The summed E-state index contributed by atoms with van der Waals surface area (Å²) in [5.74, 6) is 0.628. The van der Waals surface area contributed by atoms with Gasteiger partial charge in [0.05, 0.1) is 13.7 Å². The molecule has 0 bridgehead atoms. The van der Waals surface area contributed by atoms with E-state index in [0.29, 0.717) is 12.2 Å². The van der Waals surface area contributed by atoms with Crippen molar-refractivity contribution < 1.29 is 14.9 Å². The van der Waals surface area contributed by atoms with Gasteiger partial charge in [-0.1, -0.05) is 36.4 Å². The molecule has 0 fully saturated rings. The standard InChI is InChI=1S/C16H18O3/c1-19-16-8-7-12(10-15(16)18)9-14(11-17)13-5-3-2-4-6-13/h2-8,10,14,17-18H,9,11H2,1H3/t14-/m0/s1. The van der Waals surface area contributed by atoms with Crippen LogP contribution in [0.5, 0.6) is 11.5 Å². The largest absolute Gasteiger partial charge is 0.504 e. The molecule has 2 N–H and O–H groups in total. The van der Waals surface area contributed by atoms with Gasteiger partial charge in [-0.05, 0) is 29.7 Å². The van der Waals surface area contributed by atoms with Gasteiger partial charge in [0.2, 0.25) is 0 Å². The number of rotatable bonds is 5. The fourth-order valence-corrected chi connectivity index (χ4v) is 2.16. The molecule has 0 amide bonds. The Kier molecular flexibility index (Phi) is 4.42. The number of phenolic OH excluding ortho intramolecular Hbond substituents is 1. The Morgan fingerprint density at radius 2 is 1.84 bits per heavy atom. The molecule has 0 aliphatic heterocycles. The maximum absolute atomic E-state index is 9.76. The molecule has 19 heavy (non-hydrogen) atoms. The lowest BCUT2D eigenvalue weighted by Crippen LogP contribution is -2.07. The van der Waals surface area contributed by atoms with E-state index in [1.54, 1.807) is 12.1 Å². The fourth-order valence-electron chi connectivity index (χ4n) is 2.16. The highest BCUT2D eigenvalue weighted by molar-refractivity contribution is 5.42. The summed E-state index contributed by atoms with van der Waals surface area (Å²) in [6.07, 6.45) is 0.679. The van der Waals surface area contributed by atoms with Crippen LogP contribution in [0.15, 0.2) is 48.5 Å². The summed E-state index contributed by atoms with van der Waals surface area (Å²) in [6, 6.07) is 15.2. The van der Waals surface area contributed by atoms with Crippen LogP contribution in [0.25, 0.3) is 0 Å². The monoisotopic (exact) mass is 258 g/mol. The van der Waals surface area contributed by atoms with Crippen molar-refractivity contribution in [1.82, 2.24) is 0 Å². The summed E-state index contributed by atoms with van der Waals surface area (Å²) in [6.45, 7) is 0.0802. The van der Waals surface area contributed by atoms with Crippen LogP contribution in [0, 0.1) is 0 Å². The van der Waals surface area contributed by atoms with Crippen molar-refractivity contribution >= 4 is 0 Å². The molecule has 0 saturated heterocycles. The number of aliphatic hydroxyl groups is 1. The van der Waals surface area contributed by atoms with Crippen LogP contribution in [0.2, 0.25) is 0 Å². The molecule has 2 aromatic rings. The summed E-state index contributed by atoms with van der Waals surface area (Å²) >= 11 is 0. The third-order valence-corrected chi connectivity index (χ3v) is 3.22. The highest BCUT2D eigenvalue weighted by Crippen LogP contribution is 2.29. The molecular weight excluding hydrogens is 240 g/mol. The van der Waals surface area contributed by atoms with Gasteiger partial charge in [-0.25, -0.2) is 0 Å². The smallest absolute Gasteiger partial charge is 0.160 e. The van der Waals surface area contributed by atoms with Crippen molar-refractivity contribution in [3.8, 4) is 11.5 Å². The number of ether oxygens (including phenoxy) is 1. The molecule has 0 spiro atoms. The molecule has 0 radical (unpaired) electrons. The van der Waals surface area contributed by atoms with Gasteiger partial charge in [-0.3, -0.25) is 0 Å². The van der Waals surface area contributed by atoms with Gasteiger partial charge < -0.3 is 14.9 Å². The SMILES string of the molecule is COc1ccc(C[C@@H](CO)c2ccccc2)cc1O. The first-order valence-corrected chi connectivity index (χ1v) is 6.26. The molecule has 0 saturated carbocycles. The molecule has 0 aliphatic rings. The van der Waals surface area contributed by atoms with E-state index in [1.807, 2.05) is 36.4 Å². The topological polar surface area (TPSA) is 49.7 Å². The van der Waals surface area contributed by atoms with E-state index in [4.69, 9.17) is 4.74 Å². The lowest BCUT2D eigenvalue weighted by Gasteiger charge is -2.15. The van der Waals surface area contributed by atoms with Crippen LogP contribution in [0.1, 0.15) is 17.0 Å². The highest BCUT2D eigenvalue weighted by atomic mass is 16.5.